The first-order valence-electron chi connectivity index (χ1n) is 10.7. The highest BCUT2D eigenvalue weighted by Crippen LogP contribution is 2.26. The molecule has 1 atom stereocenters. The molecule has 0 aromatic carbocycles. The summed E-state index contributed by atoms with van der Waals surface area (Å²) in [6.45, 7) is 8.75. The van der Waals surface area contributed by atoms with Crippen LogP contribution < -0.4 is 10.6 Å². The van der Waals surface area contributed by atoms with Crippen molar-refractivity contribution in [2.24, 2.45) is 10.9 Å². The van der Waals surface area contributed by atoms with Gasteiger partial charge in [-0.3, -0.25) is 4.99 Å². The molecule has 1 saturated carbocycles. The third-order valence-corrected chi connectivity index (χ3v) is 5.80. The summed E-state index contributed by atoms with van der Waals surface area (Å²) in [5.41, 5.74) is 0. The molecule has 5 heteroatoms. The second kappa shape index (κ2) is 11.7. The van der Waals surface area contributed by atoms with E-state index in [2.05, 4.69) is 29.4 Å². The van der Waals surface area contributed by atoms with Gasteiger partial charge in [-0.1, -0.05) is 26.2 Å². The molecule has 0 bridgehead atoms. The predicted molar refractivity (Wildman–Crippen MR) is 106 cm³/mol. The number of aliphatic hydroxyl groups is 1. The molecule has 2 rings (SSSR count). The van der Waals surface area contributed by atoms with Crippen LogP contribution in [-0.2, 0) is 0 Å². The number of nitrogens with zero attached hydrogens (tertiary/aromatic N) is 2. The maximum atomic E-state index is 9.22. The quantitative estimate of drug-likeness (QED) is 0.441. The molecular formula is C20H40N4O. The fourth-order valence-electron chi connectivity index (χ4n) is 4.33. The summed E-state index contributed by atoms with van der Waals surface area (Å²) >= 11 is 0. The van der Waals surface area contributed by atoms with Crippen LogP contribution in [0.2, 0.25) is 0 Å². The number of aliphatic imine (C=N–C) groups is 1. The molecule has 5 nitrogen and oxygen atoms in total. The first-order chi connectivity index (χ1) is 12.3. The van der Waals surface area contributed by atoms with Gasteiger partial charge >= 0.3 is 0 Å². The van der Waals surface area contributed by atoms with Crippen molar-refractivity contribution in [2.75, 3.05) is 32.8 Å². The average molecular weight is 353 g/mol. The lowest BCUT2D eigenvalue weighted by molar-refractivity contribution is 0.150. The Balaban J connectivity index is 1.78. The van der Waals surface area contributed by atoms with Crippen LogP contribution in [-0.4, -0.2) is 60.8 Å². The zero-order valence-electron chi connectivity index (χ0n) is 16.5. The Labute approximate surface area is 154 Å². The Morgan fingerprint density at radius 2 is 1.84 bits per heavy atom. The standard InChI is InChI=1S/C20H40N4O/c1-3-7-17(12-15-25)16-22-20(21-4-2)23-18-10-13-24(14-11-18)19-8-5-6-9-19/h17-19,25H,3-16H2,1-2H3,(H2,21,22,23). The van der Waals surface area contributed by atoms with Crippen LogP contribution in [0.1, 0.15) is 71.6 Å². The second-order valence-electron chi connectivity index (χ2n) is 7.78. The predicted octanol–water partition coefficient (Wildman–Crippen LogP) is 2.75. The minimum Gasteiger partial charge on any atom is -0.396 e. The normalized spacial score (nSPS) is 22.3. The molecule has 0 spiro atoms. The molecule has 0 radical (unpaired) electrons. The number of aliphatic hydroxyl groups excluding tert-OH is 1. The zero-order valence-corrected chi connectivity index (χ0v) is 16.5. The molecule has 0 aromatic heterocycles. The Morgan fingerprint density at radius 1 is 1.12 bits per heavy atom. The molecular weight excluding hydrogens is 312 g/mol. The van der Waals surface area contributed by atoms with Gasteiger partial charge in [-0.25, -0.2) is 0 Å². The van der Waals surface area contributed by atoms with Crippen LogP contribution in [0.25, 0.3) is 0 Å². The molecule has 2 aliphatic rings. The molecule has 1 aliphatic heterocycles. The first kappa shape index (κ1) is 20.5. The van der Waals surface area contributed by atoms with Crippen LogP contribution in [0.4, 0.5) is 0 Å². The van der Waals surface area contributed by atoms with E-state index in [1.807, 2.05) is 0 Å². The molecule has 25 heavy (non-hydrogen) atoms. The van der Waals surface area contributed by atoms with E-state index in [1.54, 1.807) is 0 Å². The molecule has 3 N–H and O–H groups in total. The van der Waals surface area contributed by atoms with Gasteiger partial charge in [0.25, 0.3) is 0 Å². The summed E-state index contributed by atoms with van der Waals surface area (Å²) < 4.78 is 0. The van der Waals surface area contributed by atoms with E-state index in [1.165, 1.54) is 51.6 Å². The number of nitrogens with one attached hydrogen (secondary N) is 2. The highest BCUT2D eigenvalue weighted by atomic mass is 16.3. The topological polar surface area (TPSA) is 59.9 Å². The lowest BCUT2D eigenvalue weighted by atomic mass is 10.0. The fraction of sp³-hybridized carbons (Fsp3) is 0.950. The average Bonchev–Trinajstić information content (AvgIpc) is 3.15. The molecule has 0 aromatic rings. The minimum absolute atomic E-state index is 0.268. The van der Waals surface area contributed by atoms with Crippen molar-refractivity contribution >= 4 is 5.96 Å². The zero-order chi connectivity index (χ0) is 17.9. The molecule has 146 valence electrons. The van der Waals surface area contributed by atoms with Crippen LogP contribution in [0.5, 0.6) is 0 Å². The summed E-state index contributed by atoms with van der Waals surface area (Å²) in [4.78, 5) is 7.53. The van der Waals surface area contributed by atoms with Gasteiger partial charge in [0.1, 0.15) is 0 Å². The minimum atomic E-state index is 0.268. The van der Waals surface area contributed by atoms with Gasteiger partial charge < -0.3 is 20.6 Å². The molecule has 1 saturated heterocycles. The van der Waals surface area contributed by atoms with Crippen molar-refractivity contribution < 1.29 is 5.11 Å². The second-order valence-corrected chi connectivity index (χ2v) is 7.78. The van der Waals surface area contributed by atoms with Gasteiger partial charge in [0.05, 0.1) is 0 Å². The number of hydrogen-bond acceptors (Lipinski definition) is 3. The Morgan fingerprint density at radius 3 is 2.44 bits per heavy atom. The van der Waals surface area contributed by atoms with E-state index in [0.717, 1.165) is 44.4 Å². The summed E-state index contributed by atoms with van der Waals surface area (Å²) in [5, 5.41) is 16.3. The van der Waals surface area contributed by atoms with Crippen molar-refractivity contribution in [1.29, 1.82) is 0 Å². The van der Waals surface area contributed by atoms with Gasteiger partial charge in [0.15, 0.2) is 5.96 Å². The van der Waals surface area contributed by atoms with Crippen molar-refractivity contribution in [2.45, 2.75) is 83.7 Å². The number of likely N-dealkylation sites (tertiary alicyclic amines) is 1. The molecule has 1 aliphatic carbocycles. The number of piperidine rings is 1. The number of hydrogen-bond donors (Lipinski definition) is 3. The van der Waals surface area contributed by atoms with E-state index in [0.29, 0.717) is 12.0 Å². The van der Waals surface area contributed by atoms with Crippen molar-refractivity contribution in [3.8, 4) is 0 Å². The largest absolute Gasteiger partial charge is 0.396 e. The van der Waals surface area contributed by atoms with Gasteiger partial charge in [0.2, 0.25) is 0 Å². The van der Waals surface area contributed by atoms with E-state index >= 15 is 0 Å². The highest BCUT2D eigenvalue weighted by Gasteiger charge is 2.27. The smallest absolute Gasteiger partial charge is 0.191 e. The maximum Gasteiger partial charge on any atom is 0.191 e. The Hall–Kier alpha value is -0.810. The SMILES string of the molecule is CCCC(CCO)CN=C(NCC)NC1CCN(C2CCCC2)CC1. The van der Waals surface area contributed by atoms with Gasteiger partial charge in [-0.05, 0) is 51.4 Å². The summed E-state index contributed by atoms with van der Waals surface area (Å²) in [5.74, 6) is 1.45. The van der Waals surface area contributed by atoms with E-state index in [4.69, 9.17) is 4.99 Å². The lowest BCUT2D eigenvalue weighted by Crippen LogP contribution is -2.50. The third kappa shape index (κ3) is 7.14. The van der Waals surface area contributed by atoms with E-state index < -0.39 is 0 Å². The Bertz CT molecular complexity index is 368. The molecule has 1 heterocycles. The van der Waals surface area contributed by atoms with Crippen LogP contribution in [0, 0.1) is 5.92 Å². The van der Waals surface area contributed by atoms with Crippen molar-refractivity contribution in [3.63, 3.8) is 0 Å². The fourth-order valence-corrected chi connectivity index (χ4v) is 4.33. The third-order valence-electron chi connectivity index (χ3n) is 5.80. The Kier molecular flexibility index (Phi) is 9.63. The number of rotatable bonds is 9. The monoisotopic (exact) mass is 352 g/mol. The van der Waals surface area contributed by atoms with E-state index in [9.17, 15) is 5.11 Å². The van der Waals surface area contributed by atoms with Crippen molar-refractivity contribution in [3.05, 3.63) is 0 Å². The van der Waals surface area contributed by atoms with Gasteiger partial charge in [0, 0.05) is 44.9 Å². The van der Waals surface area contributed by atoms with Crippen molar-refractivity contribution in [1.82, 2.24) is 15.5 Å². The van der Waals surface area contributed by atoms with Crippen LogP contribution >= 0.6 is 0 Å². The van der Waals surface area contributed by atoms with Crippen LogP contribution in [0.15, 0.2) is 4.99 Å². The first-order valence-corrected chi connectivity index (χ1v) is 10.7. The van der Waals surface area contributed by atoms with E-state index in [-0.39, 0.29) is 6.61 Å². The molecule has 2 fully saturated rings. The summed E-state index contributed by atoms with van der Waals surface area (Å²) in [6, 6.07) is 1.40. The van der Waals surface area contributed by atoms with Gasteiger partial charge in [-0.15, -0.1) is 0 Å². The lowest BCUT2D eigenvalue weighted by Gasteiger charge is -2.36. The molecule has 0 amide bonds. The summed E-state index contributed by atoms with van der Waals surface area (Å²) in [7, 11) is 0. The molecule has 1 unspecified atom stereocenters. The number of guanidine groups is 1. The van der Waals surface area contributed by atoms with Gasteiger partial charge in [-0.2, -0.15) is 0 Å². The van der Waals surface area contributed by atoms with Crippen LogP contribution in [0.3, 0.4) is 0 Å². The highest BCUT2D eigenvalue weighted by molar-refractivity contribution is 5.80. The maximum absolute atomic E-state index is 9.22. The summed E-state index contributed by atoms with van der Waals surface area (Å²) in [6.07, 6.45) is 11.3.